The van der Waals surface area contributed by atoms with Gasteiger partial charge in [-0.05, 0) is 19.1 Å². The average molecular weight is 264 g/mol. The number of para-hydroxylation sites is 1. The summed E-state index contributed by atoms with van der Waals surface area (Å²) in [5, 5.41) is 12.0. The Morgan fingerprint density at radius 1 is 1.47 bits per heavy atom. The Morgan fingerprint density at radius 3 is 2.95 bits per heavy atom. The van der Waals surface area contributed by atoms with Crippen LogP contribution in [-0.4, -0.2) is 48.1 Å². The molecule has 6 heteroatoms. The molecule has 0 saturated heterocycles. The first-order chi connectivity index (χ1) is 9.13. The monoisotopic (exact) mass is 264 g/mol. The fourth-order valence-corrected chi connectivity index (χ4v) is 2.00. The van der Waals surface area contributed by atoms with Crippen LogP contribution in [0.15, 0.2) is 18.2 Å². The smallest absolute Gasteiger partial charge is 0.323 e. The Labute approximate surface area is 111 Å². The number of hydrogen-bond acceptors (Lipinski definition) is 4. The second kappa shape index (κ2) is 5.60. The minimum absolute atomic E-state index is 0.313. The summed E-state index contributed by atoms with van der Waals surface area (Å²) in [6.07, 6.45) is 0. The maximum absolute atomic E-state index is 12.3. The summed E-state index contributed by atoms with van der Waals surface area (Å²) in [6.45, 7) is 2.95. The first-order valence-electron chi connectivity index (χ1n) is 6.14. The van der Waals surface area contributed by atoms with Crippen molar-refractivity contribution < 1.29 is 19.4 Å². The number of carbonyl (C=O) groups excluding carboxylic acids is 1. The third-order valence-electron chi connectivity index (χ3n) is 2.90. The number of likely N-dealkylation sites (N-methyl/N-ethyl adjacent to an activating group) is 1. The number of carboxylic acids is 1. The summed E-state index contributed by atoms with van der Waals surface area (Å²) in [7, 11) is 0. The van der Waals surface area contributed by atoms with Gasteiger partial charge in [-0.1, -0.05) is 6.07 Å². The lowest BCUT2D eigenvalue weighted by Crippen LogP contribution is -2.36. The highest BCUT2D eigenvalue weighted by atomic mass is 16.5. The normalized spacial score (nSPS) is 12.9. The molecule has 1 aromatic carbocycles. The lowest BCUT2D eigenvalue weighted by atomic mass is 10.1. The summed E-state index contributed by atoms with van der Waals surface area (Å²) in [5.74, 6) is -0.855. The maximum atomic E-state index is 12.3. The van der Waals surface area contributed by atoms with E-state index in [1.807, 2.05) is 6.07 Å². The Hall–Kier alpha value is -2.24. The van der Waals surface area contributed by atoms with Crippen LogP contribution in [0.1, 0.15) is 17.3 Å². The summed E-state index contributed by atoms with van der Waals surface area (Å²) in [4.78, 5) is 24.4. The Morgan fingerprint density at radius 2 is 2.26 bits per heavy atom. The van der Waals surface area contributed by atoms with Crippen LogP contribution in [0.5, 0.6) is 5.75 Å². The van der Waals surface area contributed by atoms with E-state index in [1.165, 1.54) is 4.90 Å². The van der Waals surface area contributed by atoms with E-state index in [4.69, 9.17) is 9.84 Å². The number of aliphatic carboxylic acids is 1. The van der Waals surface area contributed by atoms with Crippen LogP contribution < -0.4 is 10.1 Å². The van der Waals surface area contributed by atoms with Gasteiger partial charge in [-0.25, -0.2) is 0 Å². The molecule has 0 fully saturated rings. The number of hydrogen-bond donors (Lipinski definition) is 2. The minimum Gasteiger partial charge on any atom is -0.489 e. The Balaban J connectivity index is 2.30. The third kappa shape index (κ3) is 2.78. The van der Waals surface area contributed by atoms with E-state index in [0.29, 0.717) is 31.0 Å². The lowest BCUT2D eigenvalue weighted by Gasteiger charge is -2.24. The van der Waals surface area contributed by atoms with Gasteiger partial charge in [0.1, 0.15) is 13.2 Å². The quantitative estimate of drug-likeness (QED) is 0.849. The molecule has 19 heavy (non-hydrogen) atoms. The highest BCUT2D eigenvalue weighted by Gasteiger charge is 2.23. The van der Waals surface area contributed by atoms with E-state index in [0.717, 1.165) is 5.69 Å². The summed E-state index contributed by atoms with van der Waals surface area (Å²) in [5.41, 5.74) is 1.16. The van der Waals surface area contributed by atoms with Crippen molar-refractivity contribution in [2.75, 3.05) is 31.6 Å². The predicted octanol–water partition coefficient (Wildman–Crippen LogP) is 1.04. The zero-order chi connectivity index (χ0) is 13.8. The molecule has 1 heterocycles. The topological polar surface area (TPSA) is 78.9 Å². The van der Waals surface area contributed by atoms with Gasteiger partial charge in [-0.3, -0.25) is 9.59 Å². The van der Waals surface area contributed by atoms with Crippen molar-refractivity contribution >= 4 is 17.6 Å². The molecule has 0 bridgehead atoms. The van der Waals surface area contributed by atoms with Gasteiger partial charge in [-0.15, -0.1) is 0 Å². The number of amides is 1. The van der Waals surface area contributed by atoms with Gasteiger partial charge < -0.3 is 20.1 Å². The fraction of sp³-hybridized carbons (Fsp3) is 0.385. The van der Waals surface area contributed by atoms with Gasteiger partial charge >= 0.3 is 5.97 Å². The Bertz CT molecular complexity index is 501. The number of benzene rings is 1. The number of fused-ring (bicyclic) bond motifs is 1. The molecule has 0 aliphatic carbocycles. The van der Waals surface area contributed by atoms with Crippen molar-refractivity contribution in [3.05, 3.63) is 23.8 Å². The van der Waals surface area contributed by atoms with Crippen LogP contribution >= 0.6 is 0 Å². The second-order valence-corrected chi connectivity index (χ2v) is 4.17. The number of nitrogens with zero attached hydrogens (tertiary/aromatic N) is 1. The first-order valence-corrected chi connectivity index (χ1v) is 6.14. The van der Waals surface area contributed by atoms with Gasteiger partial charge in [0.15, 0.2) is 5.75 Å². The molecule has 6 nitrogen and oxygen atoms in total. The van der Waals surface area contributed by atoms with Crippen LogP contribution in [0.3, 0.4) is 0 Å². The molecule has 102 valence electrons. The minimum atomic E-state index is -1.03. The Kier molecular flexibility index (Phi) is 3.89. The molecular weight excluding hydrogens is 248 g/mol. The van der Waals surface area contributed by atoms with Crippen LogP contribution in [0, 0.1) is 0 Å². The average Bonchev–Trinajstić information content (AvgIpc) is 2.43. The van der Waals surface area contributed by atoms with Crippen LogP contribution in [0.2, 0.25) is 0 Å². The third-order valence-corrected chi connectivity index (χ3v) is 2.90. The molecule has 2 rings (SSSR count). The van der Waals surface area contributed by atoms with Gasteiger partial charge in [-0.2, -0.15) is 0 Å². The molecule has 0 atom stereocenters. The summed E-state index contributed by atoms with van der Waals surface area (Å²) in [6, 6.07) is 5.24. The number of anilines is 1. The number of nitrogens with one attached hydrogen (secondary N) is 1. The largest absolute Gasteiger partial charge is 0.489 e. The number of rotatable bonds is 4. The van der Waals surface area contributed by atoms with Crippen molar-refractivity contribution in [3.63, 3.8) is 0 Å². The molecule has 0 unspecified atom stereocenters. The summed E-state index contributed by atoms with van der Waals surface area (Å²) < 4.78 is 5.52. The number of carboxylic acid groups (broad SMARTS) is 1. The van der Waals surface area contributed by atoms with Crippen molar-refractivity contribution in [1.82, 2.24) is 4.90 Å². The molecule has 2 N–H and O–H groups in total. The SMILES string of the molecule is CCN(CC(=O)O)C(=O)c1cccc2c1OCCN2. The van der Waals surface area contributed by atoms with Gasteiger partial charge in [0.2, 0.25) is 0 Å². The van der Waals surface area contributed by atoms with Crippen molar-refractivity contribution in [2.45, 2.75) is 6.92 Å². The molecule has 1 aromatic rings. The van der Waals surface area contributed by atoms with Crippen molar-refractivity contribution in [2.24, 2.45) is 0 Å². The number of carbonyl (C=O) groups is 2. The van der Waals surface area contributed by atoms with E-state index in [2.05, 4.69) is 5.32 Å². The second-order valence-electron chi connectivity index (χ2n) is 4.17. The predicted molar refractivity (Wildman–Crippen MR) is 69.6 cm³/mol. The highest BCUT2D eigenvalue weighted by molar-refractivity contribution is 6.00. The molecule has 1 aliphatic rings. The molecule has 0 saturated carbocycles. The molecule has 1 aliphatic heterocycles. The van der Waals surface area contributed by atoms with Crippen molar-refractivity contribution in [3.8, 4) is 5.75 Å². The first kappa shape index (κ1) is 13.2. The molecular formula is C13H16N2O4. The van der Waals surface area contributed by atoms with Gasteiger partial charge in [0, 0.05) is 13.1 Å². The lowest BCUT2D eigenvalue weighted by molar-refractivity contribution is -0.137. The standard InChI is InChI=1S/C13H16N2O4/c1-2-15(8-11(16)17)13(18)9-4-3-5-10-12(9)19-7-6-14-10/h3-5,14H,2,6-8H2,1H3,(H,16,17). The van der Waals surface area contributed by atoms with Gasteiger partial charge in [0.25, 0.3) is 5.91 Å². The van der Waals surface area contributed by atoms with E-state index in [1.54, 1.807) is 19.1 Å². The molecule has 1 amide bonds. The summed E-state index contributed by atoms with van der Waals surface area (Å²) >= 11 is 0. The van der Waals surface area contributed by atoms with Gasteiger partial charge in [0.05, 0.1) is 11.3 Å². The molecule has 0 radical (unpaired) electrons. The molecule has 0 spiro atoms. The van der Waals surface area contributed by atoms with E-state index in [-0.39, 0.29) is 12.5 Å². The zero-order valence-corrected chi connectivity index (χ0v) is 10.7. The van der Waals surface area contributed by atoms with Crippen LogP contribution in [0.4, 0.5) is 5.69 Å². The van der Waals surface area contributed by atoms with Crippen LogP contribution in [0.25, 0.3) is 0 Å². The van der Waals surface area contributed by atoms with E-state index < -0.39 is 5.97 Å². The van der Waals surface area contributed by atoms with Crippen LogP contribution in [-0.2, 0) is 4.79 Å². The van der Waals surface area contributed by atoms with E-state index in [9.17, 15) is 9.59 Å². The molecule has 0 aromatic heterocycles. The zero-order valence-electron chi connectivity index (χ0n) is 10.7. The van der Waals surface area contributed by atoms with E-state index >= 15 is 0 Å². The van der Waals surface area contributed by atoms with Crippen molar-refractivity contribution in [1.29, 1.82) is 0 Å². The highest BCUT2D eigenvalue weighted by Crippen LogP contribution is 2.31. The fourth-order valence-electron chi connectivity index (χ4n) is 2.00. The maximum Gasteiger partial charge on any atom is 0.323 e. The number of ether oxygens (including phenoxy) is 1.